The van der Waals surface area contributed by atoms with Gasteiger partial charge in [-0.1, -0.05) is 32.6 Å². The van der Waals surface area contributed by atoms with E-state index in [1.54, 1.807) is 0 Å². The summed E-state index contributed by atoms with van der Waals surface area (Å²) in [5, 5.41) is 12.2. The minimum Gasteiger partial charge on any atom is -0.396 e. The number of hydrogen-bond acceptors (Lipinski definition) is 4. The van der Waals surface area contributed by atoms with Crippen LogP contribution in [0.4, 0.5) is 0 Å². The molecule has 0 bridgehead atoms. The van der Waals surface area contributed by atoms with Gasteiger partial charge >= 0.3 is 0 Å². The molecule has 2 unspecified atom stereocenters. The van der Waals surface area contributed by atoms with Crippen LogP contribution >= 0.6 is 0 Å². The van der Waals surface area contributed by atoms with Crippen molar-refractivity contribution in [1.82, 2.24) is 10.2 Å². The monoisotopic (exact) mass is 300 g/mol. The van der Waals surface area contributed by atoms with Crippen molar-refractivity contribution in [3.05, 3.63) is 0 Å². The van der Waals surface area contributed by atoms with Crippen molar-refractivity contribution < 1.29 is 14.6 Å². The molecular weight excluding hydrogens is 268 g/mol. The average Bonchev–Trinajstić information content (AvgIpc) is 2.98. The van der Waals surface area contributed by atoms with Crippen LogP contribution in [0, 0.1) is 5.92 Å². The number of likely N-dealkylation sites (N-methyl/N-ethyl adjacent to an activating group) is 1. The third kappa shape index (κ3) is 6.32. The minimum absolute atomic E-state index is 0.0793. The number of amides is 1. The zero-order valence-corrected chi connectivity index (χ0v) is 13.6. The van der Waals surface area contributed by atoms with Crippen molar-refractivity contribution >= 4 is 5.91 Å². The van der Waals surface area contributed by atoms with E-state index < -0.39 is 0 Å². The molecule has 0 spiro atoms. The van der Waals surface area contributed by atoms with Crippen LogP contribution in [-0.4, -0.2) is 61.9 Å². The number of aliphatic hydroxyl groups is 1. The second-order valence-electron chi connectivity index (χ2n) is 5.86. The zero-order valence-electron chi connectivity index (χ0n) is 13.6. The molecule has 0 aromatic rings. The van der Waals surface area contributed by atoms with Crippen molar-refractivity contribution in [2.45, 2.75) is 51.5 Å². The molecule has 2 N–H and O–H groups in total. The first-order valence-electron chi connectivity index (χ1n) is 8.39. The highest BCUT2D eigenvalue weighted by atomic mass is 16.5. The Balaban J connectivity index is 2.44. The Bertz CT molecular complexity index is 287. The van der Waals surface area contributed by atoms with E-state index in [2.05, 4.69) is 12.2 Å². The van der Waals surface area contributed by atoms with Gasteiger partial charge in [-0.25, -0.2) is 0 Å². The average molecular weight is 300 g/mol. The highest BCUT2D eigenvalue weighted by Gasteiger charge is 2.35. The van der Waals surface area contributed by atoms with E-state index in [9.17, 15) is 4.79 Å². The number of unbranched alkanes of at least 4 members (excludes halogenated alkanes) is 4. The maximum absolute atomic E-state index is 12.7. The van der Waals surface area contributed by atoms with Crippen LogP contribution in [0.25, 0.3) is 0 Å². The molecule has 1 aliphatic heterocycles. The van der Waals surface area contributed by atoms with Gasteiger partial charge in [0.25, 0.3) is 0 Å². The standard InChI is InChI=1S/C16H32N2O3/c1-3-4-5-6-7-9-18(10-8-11-19)16(20)14-12-21-13-15(14)17-2/h14-15,17,19H,3-13H2,1-2H3. The Morgan fingerprint density at radius 1 is 1.19 bits per heavy atom. The van der Waals surface area contributed by atoms with Gasteiger partial charge in [-0.3, -0.25) is 4.79 Å². The van der Waals surface area contributed by atoms with E-state index in [0.717, 1.165) is 13.0 Å². The number of rotatable bonds is 11. The Kier molecular flexibility index (Phi) is 9.63. The van der Waals surface area contributed by atoms with Gasteiger partial charge in [-0.2, -0.15) is 0 Å². The van der Waals surface area contributed by atoms with Crippen LogP contribution < -0.4 is 5.32 Å². The summed E-state index contributed by atoms with van der Waals surface area (Å²) >= 11 is 0. The molecule has 1 aliphatic rings. The van der Waals surface area contributed by atoms with Gasteiger partial charge in [-0.05, 0) is 19.9 Å². The Morgan fingerprint density at radius 2 is 1.90 bits per heavy atom. The SMILES string of the molecule is CCCCCCCN(CCCO)C(=O)C1COCC1NC. The molecule has 0 aromatic heterocycles. The first-order valence-corrected chi connectivity index (χ1v) is 8.39. The molecular formula is C16H32N2O3. The lowest BCUT2D eigenvalue weighted by molar-refractivity contribution is -0.136. The van der Waals surface area contributed by atoms with Gasteiger partial charge in [0.2, 0.25) is 5.91 Å². The quantitative estimate of drug-likeness (QED) is 0.566. The first kappa shape index (κ1) is 18.4. The van der Waals surface area contributed by atoms with Gasteiger partial charge in [-0.15, -0.1) is 0 Å². The van der Waals surface area contributed by atoms with Crippen LogP contribution in [0.1, 0.15) is 45.4 Å². The summed E-state index contributed by atoms with van der Waals surface area (Å²) in [6.45, 7) is 4.91. The van der Waals surface area contributed by atoms with Gasteiger partial charge in [0.1, 0.15) is 0 Å². The first-order chi connectivity index (χ1) is 10.2. The summed E-state index contributed by atoms with van der Waals surface area (Å²) in [7, 11) is 1.88. The van der Waals surface area contributed by atoms with E-state index in [0.29, 0.717) is 26.2 Å². The van der Waals surface area contributed by atoms with E-state index in [-0.39, 0.29) is 24.5 Å². The predicted octanol–water partition coefficient (Wildman–Crippen LogP) is 1.40. The smallest absolute Gasteiger partial charge is 0.229 e. The number of nitrogens with zero attached hydrogens (tertiary/aromatic N) is 1. The maximum atomic E-state index is 12.7. The summed E-state index contributed by atoms with van der Waals surface area (Å²) < 4.78 is 5.43. The molecule has 5 heteroatoms. The lowest BCUT2D eigenvalue weighted by Gasteiger charge is -2.27. The lowest BCUT2D eigenvalue weighted by atomic mass is 10.0. The van der Waals surface area contributed by atoms with Crippen molar-refractivity contribution in [1.29, 1.82) is 0 Å². The summed E-state index contributed by atoms with van der Waals surface area (Å²) in [5.41, 5.74) is 0. The van der Waals surface area contributed by atoms with E-state index >= 15 is 0 Å². The number of aliphatic hydroxyl groups excluding tert-OH is 1. The molecule has 1 heterocycles. The number of carbonyl (C=O) groups excluding carboxylic acids is 1. The summed E-state index contributed by atoms with van der Waals surface area (Å²) in [4.78, 5) is 14.6. The normalized spacial score (nSPS) is 21.7. The highest BCUT2D eigenvalue weighted by Crippen LogP contribution is 2.17. The molecule has 124 valence electrons. The molecule has 0 aromatic carbocycles. The second-order valence-corrected chi connectivity index (χ2v) is 5.86. The van der Waals surface area contributed by atoms with Crippen molar-refractivity contribution in [3.8, 4) is 0 Å². The lowest BCUT2D eigenvalue weighted by Crippen LogP contribution is -2.45. The Labute approximate surface area is 129 Å². The van der Waals surface area contributed by atoms with Gasteiger partial charge in [0, 0.05) is 25.7 Å². The molecule has 0 saturated carbocycles. The fourth-order valence-electron chi connectivity index (χ4n) is 2.82. The number of carbonyl (C=O) groups is 1. The molecule has 0 radical (unpaired) electrons. The fraction of sp³-hybridized carbons (Fsp3) is 0.938. The van der Waals surface area contributed by atoms with Crippen LogP contribution in [0.5, 0.6) is 0 Å². The number of hydrogen-bond donors (Lipinski definition) is 2. The molecule has 1 rings (SSSR count). The minimum atomic E-state index is -0.0793. The van der Waals surface area contributed by atoms with Crippen LogP contribution in [0.2, 0.25) is 0 Å². The topological polar surface area (TPSA) is 61.8 Å². The van der Waals surface area contributed by atoms with Crippen LogP contribution in [0.15, 0.2) is 0 Å². The second kappa shape index (κ2) is 11.0. The van der Waals surface area contributed by atoms with Gasteiger partial charge < -0.3 is 20.1 Å². The summed E-state index contributed by atoms with van der Waals surface area (Å²) in [5.74, 6) is 0.0973. The van der Waals surface area contributed by atoms with Crippen molar-refractivity contribution in [2.75, 3.05) is 40.0 Å². The number of nitrogens with one attached hydrogen (secondary N) is 1. The van der Waals surface area contributed by atoms with Gasteiger partial charge in [0.15, 0.2) is 0 Å². The van der Waals surface area contributed by atoms with E-state index in [1.807, 2.05) is 11.9 Å². The van der Waals surface area contributed by atoms with Crippen molar-refractivity contribution in [2.24, 2.45) is 5.92 Å². The largest absolute Gasteiger partial charge is 0.396 e. The fourth-order valence-corrected chi connectivity index (χ4v) is 2.82. The summed E-state index contributed by atoms with van der Waals surface area (Å²) in [6, 6.07) is 0.120. The molecule has 1 amide bonds. The zero-order chi connectivity index (χ0) is 15.5. The molecule has 21 heavy (non-hydrogen) atoms. The molecule has 5 nitrogen and oxygen atoms in total. The molecule has 1 fully saturated rings. The van der Waals surface area contributed by atoms with E-state index in [1.165, 1.54) is 25.7 Å². The predicted molar refractivity (Wildman–Crippen MR) is 84.2 cm³/mol. The molecule has 1 saturated heterocycles. The van der Waals surface area contributed by atoms with Gasteiger partial charge in [0.05, 0.1) is 19.1 Å². The molecule has 0 aliphatic carbocycles. The van der Waals surface area contributed by atoms with Crippen LogP contribution in [0.3, 0.4) is 0 Å². The highest BCUT2D eigenvalue weighted by molar-refractivity contribution is 5.80. The maximum Gasteiger partial charge on any atom is 0.229 e. The third-order valence-corrected chi connectivity index (χ3v) is 4.20. The Morgan fingerprint density at radius 3 is 2.57 bits per heavy atom. The Hall–Kier alpha value is -0.650. The molecule has 2 atom stereocenters. The van der Waals surface area contributed by atoms with Crippen molar-refractivity contribution in [3.63, 3.8) is 0 Å². The third-order valence-electron chi connectivity index (χ3n) is 4.20. The summed E-state index contributed by atoms with van der Waals surface area (Å²) in [6.07, 6.45) is 6.62. The number of ether oxygens (including phenoxy) is 1. The van der Waals surface area contributed by atoms with E-state index in [4.69, 9.17) is 9.84 Å². The van der Waals surface area contributed by atoms with Crippen LogP contribution in [-0.2, 0) is 9.53 Å².